The third-order valence-electron chi connectivity index (χ3n) is 28.1. The van der Waals surface area contributed by atoms with E-state index in [2.05, 4.69) is 62.8 Å². The predicted octanol–water partition coefficient (Wildman–Crippen LogP) is 9.46. The second-order valence-electron chi connectivity index (χ2n) is 39.9. The molecular formula is C114H130N14O20. The summed E-state index contributed by atoms with van der Waals surface area (Å²) in [4.78, 5) is 193. The van der Waals surface area contributed by atoms with Crippen molar-refractivity contribution in [2.45, 2.75) is 204 Å². The molecule has 6 heterocycles. The first-order chi connectivity index (χ1) is 71.2. The zero-order chi connectivity index (χ0) is 105. The van der Waals surface area contributed by atoms with Crippen molar-refractivity contribution < 1.29 is 95.5 Å². The average molecular weight is 2020 g/mol. The van der Waals surface area contributed by atoms with Gasteiger partial charge in [-0.25, -0.2) is 14.6 Å². The van der Waals surface area contributed by atoms with E-state index in [4.69, 9.17) is 28.4 Å². The second-order valence-corrected chi connectivity index (χ2v) is 39.9. The number of hydrogen-bond donors (Lipinski definition) is 8. The Hall–Kier alpha value is -15.3. The van der Waals surface area contributed by atoms with Gasteiger partial charge in [0.2, 0.25) is 47.3 Å². The van der Waals surface area contributed by atoms with E-state index in [1.54, 1.807) is 78.0 Å². The molecule has 8 aromatic carbocycles. The van der Waals surface area contributed by atoms with Crippen LogP contribution in [0, 0.1) is 28.1 Å². The lowest BCUT2D eigenvalue weighted by atomic mass is 9.80. The Balaban J connectivity index is 0.000000156. The fourth-order valence-electron chi connectivity index (χ4n) is 17.8. The van der Waals surface area contributed by atoms with Crippen LogP contribution >= 0.6 is 0 Å². The summed E-state index contributed by atoms with van der Waals surface area (Å²) in [6.45, 7) is 10.4. The van der Waals surface area contributed by atoms with Gasteiger partial charge in [0.25, 0.3) is 5.91 Å². The SMILES string of the molecule is COc1ccc(C[C@H](CC(=O)Cn2ccnn2)C(=O)C[C@@H](Cc2ccccc2)C(=O)[C@@]2(C)CO2)cc1.COc1ccc(C[C@H](NC(=O)[C@@H]2CC(=O)N2)C(=O)N[C@@H](Cc2ccccc2)C(=O)C2(C)CC2)cc1.COc1ccc(C[C@H](NC(=O)[C@H]2CC(=O)N2)C(=O)N[C@@H](Cc2ccccc2)C(=O)C2(C)CC2)cc1.COc1ccc(C[C@H](NC(=O)c2ccnc(N3CCOCC3)n2)C(=O)N[C@@H](Cc2ccccc2)C(=O)C2(C)CC2)cc1. The summed E-state index contributed by atoms with van der Waals surface area (Å²) in [6, 6.07) is 63.0. The summed E-state index contributed by atoms with van der Waals surface area (Å²) >= 11 is 0. The molecule has 3 saturated carbocycles. The topological polar surface area (TPSA) is 454 Å². The zero-order valence-electron chi connectivity index (χ0n) is 84.7. The molecule has 776 valence electrons. The molecule has 2 aromatic heterocycles. The molecule has 10 aromatic rings. The molecule has 7 aliphatic rings. The van der Waals surface area contributed by atoms with Crippen molar-refractivity contribution in [3.05, 3.63) is 293 Å². The maximum atomic E-state index is 13.8. The molecule has 4 aliphatic heterocycles. The summed E-state index contributed by atoms with van der Waals surface area (Å²) in [6.07, 6.45) is 12.4. The highest BCUT2D eigenvalue weighted by Crippen LogP contribution is 2.49. The van der Waals surface area contributed by atoms with Crippen molar-refractivity contribution in [2.75, 3.05) is 66.2 Å². The first-order valence-electron chi connectivity index (χ1n) is 50.2. The molecule has 4 saturated heterocycles. The number of amides is 8. The number of benzene rings is 8. The molecule has 0 radical (unpaired) electrons. The Morgan fingerprint density at radius 2 is 0.730 bits per heavy atom. The number of anilines is 1. The maximum Gasteiger partial charge on any atom is 0.270 e. The zero-order valence-corrected chi connectivity index (χ0v) is 84.7. The molecule has 0 unspecified atom stereocenters. The van der Waals surface area contributed by atoms with Gasteiger partial charge >= 0.3 is 0 Å². The number of aromatic nitrogens is 5. The van der Waals surface area contributed by atoms with E-state index in [0.29, 0.717) is 88.2 Å². The number of hydrogen-bond acceptors (Lipinski definition) is 25. The Morgan fingerprint density at radius 3 is 1.06 bits per heavy atom. The van der Waals surface area contributed by atoms with Crippen LogP contribution in [-0.2, 0) is 130 Å². The first kappa shape index (κ1) is 108. The largest absolute Gasteiger partial charge is 0.497 e. The van der Waals surface area contributed by atoms with Gasteiger partial charge in [0.05, 0.1) is 85.4 Å². The standard InChI is InChI=1S/C32H37N5O5.C28H31N3O5.2C27H31N3O5/c1-32(13-14-32)28(38)26(20-22-6-4-3-5-7-22)34-30(40)27(21-23-8-10-24(41-2)11-9-23)35-29(39)25-12-15-33-31(36-25)37-16-18-42-19-17-37;1-28(19-36-28)27(34)23(15-20-6-4-3-5-7-20)17-26(33)22(14-21-8-10-25(35-2)11-9-21)16-24(32)18-31-13-12-29-30-31;2*1-27(12-13-27)24(32)20(14-17-6-4-3-5-7-17)29-25(33)21(30-26(34)22-16-23(31)28-22)15-18-8-10-19(35-2)11-9-18/h3-12,15,26-27H,13-14,16-21H2,1-2H3,(H,34,40)(H,35,39);3-13,22-23H,14-19H2,1-2H3;2*3-11,20-22H,12-16H2,1-2H3,(H,28,31)(H,29,33)(H,30,34)/t26-,27-;22-,23-,28-;20-,21-,22+;20-,21-,22-/m0100/s1. The number of ketones is 6. The van der Waals surface area contributed by atoms with Gasteiger partial charge in [-0.1, -0.05) is 196 Å². The van der Waals surface area contributed by atoms with E-state index in [0.717, 1.165) is 88.8 Å². The average Bonchev–Trinajstić information content (AvgIpc) is 1.65. The Kier molecular flexibility index (Phi) is 37.1. The van der Waals surface area contributed by atoms with Crippen molar-refractivity contribution in [1.82, 2.24) is 67.5 Å². The van der Waals surface area contributed by atoms with Crippen molar-refractivity contribution in [2.24, 2.45) is 28.1 Å². The first-order valence-corrected chi connectivity index (χ1v) is 50.2. The lowest BCUT2D eigenvalue weighted by Crippen LogP contribution is -2.61. The van der Waals surface area contributed by atoms with Crippen molar-refractivity contribution in [3.8, 4) is 23.0 Å². The molecule has 11 atom stereocenters. The molecular weight excluding hydrogens is 1890 g/mol. The van der Waals surface area contributed by atoms with E-state index in [-0.39, 0.29) is 104 Å². The molecule has 0 bridgehead atoms. The van der Waals surface area contributed by atoms with E-state index < -0.39 is 117 Å². The van der Waals surface area contributed by atoms with Gasteiger partial charge in [-0.2, -0.15) is 0 Å². The van der Waals surface area contributed by atoms with E-state index in [1.807, 2.05) is 208 Å². The molecule has 148 heavy (non-hydrogen) atoms. The fourth-order valence-corrected chi connectivity index (χ4v) is 17.8. The molecule has 0 spiro atoms. The minimum atomic E-state index is -0.953. The Bertz CT molecular complexity index is 6070. The molecule has 8 N–H and O–H groups in total. The second kappa shape index (κ2) is 50.7. The lowest BCUT2D eigenvalue weighted by Gasteiger charge is -2.29. The van der Waals surface area contributed by atoms with Crippen molar-refractivity contribution in [3.63, 3.8) is 0 Å². The summed E-state index contributed by atoms with van der Waals surface area (Å²) in [7, 11) is 6.33. The number of carbonyl (C=O) groups is 14. The Labute approximate surface area is 860 Å². The molecule has 8 amide bonds. The number of Topliss-reactive ketones (excluding diaryl/α,β-unsaturated/α-hetero) is 6. The quantitative estimate of drug-likeness (QED) is 0.0130. The smallest absolute Gasteiger partial charge is 0.270 e. The highest BCUT2D eigenvalue weighted by molar-refractivity contribution is 6.03. The number of morpholine rings is 1. The van der Waals surface area contributed by atoms with Crippen LogP contribution in [0.5, 0.6) is 23.0 Å². The third-order valence-corrected chi connectivity index (χ3v) is 28.1. The number of rotatable bonds is 48. The summed E-state index contributed by atoms with van der Waals surface area (Å²) in [5, 5.41) is 29.9. The number of ether oxygens (including phenoxy) is 6. The highest BCUT2D eigenvalue weighted by atomic mass is 16.6. The van der Waals surface area contributed by atoms with Crippen LogP contribution in [-0.4, -0.2) is 222 Å². The molecule has 34 heteroatoms. The summed E-state index contributed by atoms with van der Waals surface area (Å²) in [5.41, 5.74) is 5.29. The van der Waals surface area contributed by atoms with Crippen LogP contribution < -0.4 is 66.4 Å². The van der Waals surface area contributed by atoms with Gasteiger partial charge in [0.1, 0.15) is 76.8 Å². The van der Waals surface area contributed by atoms with Crippen LogP contribution in [0.3, 0.4) is 0 Å². The molecule has 17 rings (SSSR count). The molecule has 3 aliphatic carbocycles. The Morgan fingerprint density at radius 1 is 0.399 bits per heavy atom. The van der Waals surface area contributed by atoms with E-state index in [1.165, 1.54) is 23.1 Å². The maximum absolute atomic E-state index is 13.8. The number of nitrogens with one attached hydrogen (secondary N) is 8. The summed E-state index contributed by atoms with van der Waals surface area (Å²) < 4.78 is 33.2. The summed E-state index contributed by atoms with van der Waals surface area (Å²) in [5.74, 6) is -1.15. The van der Waals surface area contributed by atoms with Gasteiger partial charge in [0, 0.05) is 85.7 Å². The number of epoxide rings is 1. The van der Waals surface area contributed by atoms with Crippen LogP contribution in [0.2, 0.25) is 0 Å². The molecule has 7 fully saturated rings. The van der Waals surface area contributed by atoms with Gasteiger partial charge in [0.15, 0.2) is 28.9 Å². The number of β-lactam (4-membered cyclic amide) rings is 2. The normalized spacial score (nSPS) is 18.4. The van der Waals surface area contributed by atoms with Gasteiger partial charge in [-0.15, -0.1) is 5.10 Å². The van der Waals surface area contributed by atoms with Gasteiger partial charge in [-0.05, 0) is 177 Å². The van der Waals surface area contributed by atoms with Gasteiger partial charge in [-0.3, -0.25) is 67.1 Å². The highest BCUT2D eigenvalue weighted by Gasteiger charge is 2.53. The van der Waals surface area contributed by atoms with Crippen LogP contribution in [0.4, 0.5) is 5.95 Å². The molecule has 34 nitrogen and oxygen atoms in total. The van der Waals surface area contributed by atoms with Crippen LogP contribution in [0.25, 0.3) is 0 Å². The number of nitrogens with zero attached hydrogens (tertiary/aromatic N) is 6. The van der Waals surface area contributed by atoms with Crippen molar-refractivity contribution >= 4 is 87.9 Å². The monoisotopic (exact) mass is 2010 g/mol. The van der Waals surface area contributed by atoms with Crippen LogP contribution in [0.1, 0.15) is 147 Å². The fraction of sp³-hybridized carbons (Fsp3) is 0.404. The van der Waals surface area contributed by atoms with Crippen molar-refractivity contribution in [1.29, 1.82) is 0 Å². The third kappa shape index (κ3) is 31.1. The van der Waals surface area contributed by atoms with E-state index >= 15 is 0 Å². The van der Waals surface area contributed by atoms with E-state index in [9.17, 15) is 67.1 Å². The number of carbonyl (C=O) groups excluding carboxylic acids is 14. The number of methoxy groups -OCH3 is 4. The van der Waals surface area contributed by atoms with Gasteiger partial charge < -0.3 is 75.9 Å². The lowest BCUT2D eigenvalue weighted by molar-refractivity contribution is -0.139. The minimum Gasteiger partial charge on any atom is -0.497 e. The minimum absolute atomic E-state index is 0.00971. The van der Waals surface area contributed by atoms with Crippen LogP contribution in [0.15, 0.2) is 243 Å². The predicted molar refractivity (Wildman–Crippen MR) is 549 cm³/mol.